The summed E-state index contributed by atoms with van der Waals surface area (Å²) in [6, 6.07) is 5.82. The second-order valence-corrected chi connectivity index (χ2v) is 8.41. The summed E-state index contributed by atoms with van der Waals surface area (Å²) in [5.41, 5.74) is 0.808. The van der Waals surface area contributed by atoms with Crippen molar-refractivity contribution in [1.29, 1.82) is 0 Å². The Bertz CT molecular complexity index is 1060. The largest absolute Gasteiger partial charge is 0.466 e. The maximum Gasteiger partial charge on any atom is 0.407 e. The van der Waals surface area contributed by atoms with Gasteiger partial charge in [0.05, 0.1) is 25.8 Å². The molecule has 5 rings (SSSR count). The van der Waals surface area contributed by atoms with Gasteiger partial charge in [0, 0.05) is 28.7 Å². The molecule has 1 amide bonds. The fraction of sp³-hybridized carbons (Fsp3) is 0.300. The SMILES string of the molecule is COC(=O)C1=C2CC3(COC(=O)N3)CN2C(c2nccs2)=NC1.Fc1cccc(Cl)c1. The molecule has 0 aliphatic carbocycles. The van der Waals surface area contributed by atoms with E-state index in [1.54, 1.807) is 18.3 Å². The lowest BCUT2D eigenvalue weighted by atomic mass is 9.98. The van der Waals surface area contributed by atoms with Gasteiger partial charge in [0.25, 0.3) is 0 Å². The summed E-state index contributed by atoms with van der Waals surface area (Å²) in [6.45, 7) is 1.01. The summed E-state index contributed by atoms with van der Waals surface area (Å²) < 4.78 is 22.0. The second-order valence-electron chi connectivity index (χ2n) is 7.08. The van der Waals surface area contributed by atoms with E-state index in [2.05, 4.69) is 15.3 Å². The lowest BCUT2D eigenvalue weighted by Crippen LogP contribution is -2.46. The van der Waals surface area contributed by atoms with Gasteiger partial charge in [0.2, 0.25) is 0 Å². The van der Waals surface area contributed by atoms with Crippen LogP contribution in [0.4, 0.5) is 9.18 Å². The first kappa shape index (κ1) is 21.3. The second kappa shape index (κ2) is 8.64. The molecule has 8 nitrogen and oxygen atoms in total. The third-order valence-electron chi connectivity index (χ3n) is 4.97. The monoisotopic (exact) mass is 464 g/mol. The molecule has 0 radical (unpaired) electrons. The van der Waals surface area contributed by atoms with E-state index in [1.807, 2.05) is 10.3 Å². The van der Waals surface area contributed by atoms with Gasteiger partial charge < -0.3 is 19.7 Å². The van der Waals surface area contributed by atoms with E-state index in [0.717, 1.165) is 16.5 Å². The smallest absolute Gasteiger partial charge is 0.407 e. The number of hydrogen-bond acceptors (Lipinski definition) is 8. The number of rotatable bonds is 2. The molecule has 3 aliphatic heterocycles. The number of amides is 1. The molecule has 1 atom stereocenters. The van der Waals surface area contributed by atoms with Crippen LogP contribution in [0.1, 0.15) is 11.4 Å². The standard InChI is InChI=1S/C14H14N4O4S.C6H4ClF/c1-21-12(19)8-5-16-10(11-15-2-3-23-11)18-6-14(4-9(8)18)7-22-13(20)17-14;7-5-2-1-3-6(8)4-5/h2-3H,4-7H2,1H3,(H,17,20);1-4H. The summed E-state index contributed by atoms with van der Waals surface area (Å²) in [6.07, 6.45) is 1.79. The molecule has 2 fully saturated rings. The van der Waals surface area contributed by atoms with Crippen LogP contribution in [0.5, 0.6) is 0 Å². The number of cyclic esters (lactones) is 1. The van der Waals surface area contributed by atoms with Crippen LogP contribution < -0.4 is 5.32 Å². The van der Waals surface area contributed by atoms with Gasteiger partial charge in [-0.2, -0.15) is 0 Å². The van der Waals surface area contributed by atoms with Crippen LogP contribution in [0.3, 0.4) is 0 Å². The third-order valence-corrected chi connectivity index (χ3v) is 5.98. The number of benzene rings is 1. The van der Waals surface area contributed by atoms with Crippen LogP contribution >= 0.6 is 22.9 Å². The van der Waals surface area contributed by atoms with Gasteiger partial charge in [-0.25, -0.2) is 19.0 Å². The fourth-order valence-corrected chi connectivity index (χ4v) is 4.46. The molecule has 162 valence electrons. The van der Waals surface area contributed by atoms with E-state index in [0.29, 0.717) is 23.6 Å². The molecule has 2 aromatic rings. The van der Waals surface area contributed by atoms with Gasteiger partial charge in [0.15, 0.2) is 10.8 Å². The van der Waals surface area contributed by atoms with Crippen molar-refractivity contribution in [2.75, 3.05) is 26.8 Å². The van der Waals surface area contributed by atoms with Gasteiger partial charge in [-0.3, -0.25) is 4.99 Å². The number of nitrogens with zero attached hydrogens (tertiary/aromatic N) is 3. The van der Waals surface area contributed by atoms with Gasteiger partial charge in [-0.1, -0.05) is 17.7 Å². The minimum atomic E-state index is -0.534. The van der Waals surface area contributed by atoms with E-state index in [4.69, 9.17) is 21.1 Å². The maximum absolute atomic E-state index is 12.1. The quantitative estimate of drug-likeness (QED) is 0.687. The normalized spacial score (nSPS) is 21.7. The number of nitrogens with one attached hydrogen (secondary N) is 1. The van der Waals surface area contributed by atoms with Crippen molar-refractivity contribution < 1.29 is 23.5 Å². The summed E-state index contributed by atoms with van der Waals surface area (Å²) in [7, 11) is 1.35. The number of fused-ring (bicyclic) bond motifs is 1. The molecule has 1 unspecified atom stereocenters. The molecule has 31 heavy (non-hydrogen) atoms. The van der Waals surface area contributed by atoms with Crippen molar-refractivity contribution in [2.45, 2.75) is 12.0 Å². The number of halogens is 2. The Labute approximate surface area is 186 Å². The third kappa shape index (κ3) is 4.40. The Balaban J connectivity index is 0.000000245. The molecule has 4 heterocycles. The molecular weight excluding hydrogens is 447 g/mol. The highest BCUT2D eigenvalue weighted by molar-refractivity contribution is 7.11. The van der Waals surface area contributed by atoms with Gasteiger partial charge in [0.1, 0.15) is 18.0 Å². The van der Waals surface area contributed by atoms with Gasteiger partial charge in [-0.05, 0) is 18.2 Å². The van der Waals surface area contributed by atoms with Crippen molar-refractivity contribution >= 4 is 40.8 Å². The van der Waals surface area contributed by atoms with Crippen LogP contribution in [-0.4, -0.2) is 60.1 Å². The number of aliphatic imine (C=N–C) groups is 1. The average molecular weight is 465 g/mol. The van der Waals surface area contributed by atoms with E-state index in [-0.39, 0.29) is 19.0 Å². The Hall–Kier alpha value is -2.98. The number of aromatic nitrogens is 1. The van der Waals surface area contributed by atoms with Gasteiger partial charge >= 0.3 is 12.1 Å². The highest BCUT2D eigenvalue weighted by Crippen LogP contribution is 2.38. The number of esters is 1. The van der Waals surface area contributed by atoms with E-state index >= 15 is 0 Å². The van der Waals surface area contributed by atoms with Crippen molar-refractivity contribution in [3.05, 3.63) is 63.0 Å². The molecule has 3 aliphatic rings. The average Bonchev–Trinajstić information content (AvgIpc) is 3.47. The Morgan fingerprint density at radius 1 is 1.45 bits per heavy atom. The fourth-order valence-electron chi connectivity index (χ4n) is 3.63. The Morgan fingerprint density at radius 2 is 2.29 bits per heavy atom. The van der Waals surface area contributed by atoms with Crippen molar-refractivity contribution in [3.63, 3.8) is 0 Å². The molecule has 0 saturated carbocycles. The summed E-state index contributed by atoms with van der Waals surface area (Å²) in [4.78, 5) is 34.3. The number of ether oxygens (including phenoxy) is 2. The topological polar surface area (TPSA) is 93.1 Å². The molecule has 1 spiro atoms. The number of carbonyl (C=O) groups is 2. The highest BCUT2D eigenvalue weighted by atomic mass is 35.5. The minimum Gasteiger partial charge on any atom is -0.466 e. The number of methoxy groups -OCH3 is 1. The van der Waals surface area contributed by atoms with E-state index in [1.165, 1.54) is 30.6 Å². The Morgan fingerprint density at radius 3 is 2.87 bits per heavy atom. The first-order chi connectivity index (χ1) is 14.9. The molecule has 1 aromatic heterocycles. The lowest BCUT2D eigenvalue weighted by Gasteiger charge is -2.27. The predicted octanol–water partition coefficient (Wildman–Crippen LogP) is 2.99. The zero-order valence-electron chi connectivity index (χ0n) is 16.4. The van der Waals surface area contributed by atoms with Crippen LogP contribution in [0.2, 0.25) is 5.02 Å². The highest BCUT2D eigenvalue weighted by Gasteiger charge is 2.51. The zero-order valence-corrected chi connectivity index (χ0v) is 18.0. The van der Waals surface area contributed by atoms with Crippen LogP contribution in [0, 0.1) is 5.82 Å². The van der Waals surface area contributed by atoms with E-state index < -0.39 is 17.6 Å². The van der Waals surface area contributed by atoms with Gasteiger partial charge in [-0.15, -0.1) is 11.3 Å². The van der Waals surface area contributed by atoms with Crippen molar-refractivity contribution in [2.24, 2.45) is 4.99 Å². The molecule has 11 heteroatoms. The number of carbonyl (C=O) groups excluding carboxylic acids is 2. The summed E-state index contributed by atoms with van der Waals surface area (Å²) >= 11 is 6.89. The minimum absolute atomic E-state index is 0.248. The first-order valence-electron chi connectivity index (χ1n) is 9.29. The van der Waals surface area contributed by atoms with Crippen LogP contribution in [-0.2, 0) is 14.3 Å². The summed E-state index contributed by atoms with van der Waals surface area (Å²) in [5.74, 6) is 0.0346. The first-order valence-corrected chi connectivity index (χ1v) is 10.5. The van der Waals surface area contributed by atoms with Crippen molar-refractivity contribution in [1.82, 2.24) is 15.2 Å². The van der Waals surface area contributed by atoms with Crippen molar-refractivity contribution in [3.8, 4) is 0 Å². The maximum atomic E-state index is 12.1. The summed E-state index contributed by atoms with van der Waals surface area (Å²) in [5, 5.41) is 5.97. The lowest BCUT2D eigenvalue weighted by molar-refractivity contribution is -0.136. The molecule has 0 bridgehead atoms. The molecular formula is C20H18ClFN4O4S. The number of thiazole rings is 1. The molecule has 1 N–H and O–H groups in total. The Kier molecular flexibility index (Phi) is 5.92. The number of hydrogen-bond donors (Lipinski definition) is 1. The number of amidine groups is 1. The molecule has 1 aromatic carbocycles. The van der Waals surface area contributed by atoms with Crippen LogP contribution in [0.15, 0.2) is 52.1 Å². The zero-order chi connectivity index (χ0) is 22.0. The number of alkyl carbamates (subject to hydrolysis) is 1. The van der Waals surface area contributed by atoms with E-state index in [9.17, 15) is 14.0 Å². The molecule has 2 saturated heterocycles. The predicted molar refractivity (Wildman–Crippen MR) is 113 cm³/mol. The van der Waals surface area contributed by atoms with Crippen LogP contribution in [0.25, 0.3) is 0 Å².